The molecule has 3 rings (SSSR count). The van der Waals surface area contributed by atoms with Crippen molar-refractivity contribution in [1.82, 2.24) is 10.3 Å². The van der Waals surface area contributed by atoms with Crippen molar-refractivity contribution in [1.29, 1.82) is 0 Å². The predicted molar refractivity (Wildman–Crippen MR) is 122 cm³/mol. The zero-order valence-corrected chi connectivity index (χ0v) is 19.0. The molecule has 168 valence electrons. The third-order valence-electron chi connectivity index (χ3n) is 4.39. The second-order valence-corrected chi connectivity index (χ2v) is 8.65. The van der Waals surface area contributed by atoms with Crippen molar-refractivity contribution in [2.75, 3.05) is 18.4 Å². The SMILES string of the molecule is CCOc1ccc(NS(=O)(=O)c2ccc(Cl)c(C(=O)NCc3cccnc3OC)c2)cc1. The summed E-state index contributed by atoms with van der Waals surface area (Å²) in [6, 6.07) is 13.9. The Balaban J connectivity index is 1.77. The number of carbonyl (C=O) groups is 1. The molecule has 3 aromatic rings. The molecular weight excluding hydrogens is 454 g/mol. The normalized spacial score (nSPS) is 11.0. The number of benzene rings is 2. The summed E-state index contributed by atoms with van der Waals surface area (Å²) in [4.78, 5) is 16.7. The van der Waals surface area contributed by atoms with Crippen LogP contribution in [0.3, 0.4) is 0 Å². The Morgan fingerprint density at radius 1 is 1.12 bits per heavy atom. The molecule has 0 spiro atoms. The van der Waals surface area contributed by atoms with Gasteiger partial charge in [-0.05, 0) is 55.5 Å². The quantitative estimate of drug-likeness (QED) is 0.486. The van der Waals surface area contributed by atoms with Crippen LogP contribution in [-0.2, 0) is 16.6 Å². The van der Waals surface area contributed by atoms with Crippen molar-refractivity contribution in [3.8, 4) is 11.6 Å². The molecule has 2 N–H and O–H groups in total. The van der Waals surface area contributed by atoms with Crippen molar-refractivity contribution >= 4 is 33.2 Å². The Bertz CT molecular complexity index is 1200. The van der Waals surface area contributed by atoms with Crippen LogP contribution in [0, 0.1) is 0 Å². The van der Waals surface area contributed by atoms with Crippen LogP contribution in [-0.4, -0.2) is 33.0 Å². The first-order valence-electron chi connectivity index (χ1n) is 9.65. The van der Waals surface area contributed by atoms with E-state index in [4.69, 9.17) is 21.1 Å². The average molecular weight is 476 g/mol. The predicted octanol–water partition coefficient (Wildman–Crippen LogP) is 3.87. The van der Waals surface area contributed by atoms with Crippen LogP contribution in [0.25, 0.3) is 0 Å². The van der Waals surface area contributed by atoms with Gasteiger partial charge in [0, 0.05) is 24.0 Å². The lowest BCUT2D eigenvalue weighted by Gasteiger charge is -2.12. The summed E-state index contributed by atoms with van der Waals surface area (Å²) in [5.41, 5.74) is 1.06. The number of nitrogens with one attached hydrogen (secondary N) is 2. The number of hydrogen-bond acceptors (Lipinski definition) is 6. The molecular formula is C22H22ClN3O5S. The summed E-state index contributed by atoms with van der Waals surface area (Å²) >= 11 is 6.16. The number of nitrogens with zero attached hydrogens (tertiary/aromatic N) is 1. The third kappa shape index (κ3) is 5.68. The number of pyridine rings is 1. The van der Waals surface area contributed by atoms with E-state index >= 15 is 0 Å². The summed E-state index contributed by atoms with van der Waals surface area (Å²) in [5, 5.41) is 2.83. The van der Waals surface area contributed by atoms with Crippen LogP contribution >= 0.6 is 11.6 Å². The molecule has 1 heterocycles. The van der Waals surface area contributed by atoms with Crippen LogP contribution in [0.1, 0.15) is 22.8 Å². The second kappa shape index (κ2) is 10.3. The van der Waals surface area contributed by atoms with Crippen molar-refractivity contribution in [2.45, 2.75) is 18.4 Å². The maximum Gasteiger partial charge on any atom is 0.261 e. The van der Waals surface area contributed by atoms with E-state index in [-0.39, 0.29) is 22.0 Å². The highest BCUT2D eigenvalue weighted by molar-refractivity contribution is 7.92. The zero-order valence-electron chi connectivity index (χ0n) is 17.5. The molecule has 0 radical (unpaired) electrons. The van der Waals surface area contributed by atoms with Gasteiger partial charge < -0.3 is 14.8 Å². The number of anilines is 1. The first kappa shape index (κ1) is 23.4. The second-order valence-electron chi connectivity index (χ2n) is 6.56. The molecule has 0 unspecified atom stereocenters. The highest BCUT2D eigenvalue weighted by Gasteiger charge is 2.19. The molecule has 0 saturated heterocycles. The summed E-state index contributed by atoms with van der Waals surface area (Å²) in [5.74, 6) is 0.486. The number of carbonyl (C=O) groups excluding carboxylic acids is 1. The summed E-state index contributed by atoms with van der Waals surface area (Å²) < 4.78 is 38.6. The minimum Gasteiger partial charge on any atom is -0.494 e. The Hall–Kier alpha value is -3.30. The fraction of sp³-hybridized carbons (Fsp3) is 0.182. The number of amides is 1. The first-order valence-corrected chi connectivity index (χ1v) is 11.5. The molecule has 1 aromatic heterocycles. The van der Waals surface area contributed by atoms with Gasteiger partial charge in [0.1, 0.15) is 5.75 Å². The maximum absolute atomic E-state index is 12.8. The summed E-state index contributed by atoms with van der Waals surface area (Å²) in [7, 11) is -2.47. The van der Waals surface area contributed by atoms with E-state index in [9.17, 15) is 13.2 Å². The van der Waals surface area contributed by atoms with Gasteiger partial charge in [0.2, 0.25) is 5.88 Å². The van der Waals surface area contributed by atoms with Crippen LogP contribution in [0.4, 0.5) is 5.69 Å². The van der Waals surface area contributed by atoms with Gasteiger partial charge in [0.05, 0.1) is 29.2 Å². The molecule has 0 fully saturated rings. The fourth-order valence-corrected chi connectivity index (χ4v) is 4.15. The Morgan fingerprint density at radius 3 is 2.56 bits per heavy atom. The number of halogens is 1. The number of ether oxygens (including phenoxy) is 2. The van der Waals surface area contributed by atoms with Crippen LogP contribution in [0.2, 0.25) is 5.02 Å². The smallest absolute Gasteiger partial charge is 0.261 e. The molecule has 1 amide bonds. The Labute approximate surface area is 191 Å². The van der Waals surface area contributed by atoms with Gasteiger partial charge >= 0.3 is 0 Å². The van der Waals surface area contributed by atoms with Crippen molar-refractivity contribution in [3.05, 3.63) is 76.9 Å². The van der Waals surface area contributed by atoms with Crippen LogP contribution in [0.15, 0.2) is 65.7 Å². The standard InChI is InChI=1S/C22H22ClN3O5S/c1-3-31-17-8-6-16(7-9-17)26-32(28,29)18-10-11-20(23)19(13-18)21(27)25-14-15-5-4-12-24-22(15)30-2/h4-13,26H,3,14H2,1-2H3,(H,25,27). The molecule has 0 aliphatic carbocycles. The average Bonchev–Trinajstić information content (AvgIpc) is 2.79. The lowest BCUT2D eigenvalue weighted by Crippen LogP contribution is -2.24. The molecule has 10 heteroatoms. The Kier molecular flexibility index (Phi) is 7.55. The highest BCUT2D eigenvalue weighted by atomic mass is 35.5. The van der Waals surface area contributed by atoms with E-state index in [1.165, 1.54) is 25.3 Å². The van der Waals surface area contributed by atoms with Crippen LogP contribution < -0.4 is 19.5 Å². The fourth-order valence-electron chi connectivity index (χ4n) is 2.86. The molecule has 0 aliphatic heterocycles. The number of methoxy groups -OCH3 is 1. The number of sulfonamides is 1. The van der Waals surface area contributed by atoms with Gasteiger partial charge in [-0.25, -0.2) is 13.4 Å². The van der Waals surface area contributed by atoms with Gasteiger partial charge in [-0.3, -0.25) is 9.52 Å². The highest BCUT2D eigenvalue weighted by Crippen LogP contribution is 2.24. The molecule has 2 aromatic carbocycles. The third-order valence-corrected chi connectivity index (χ3v) is 6.10. The van der Waals surface area contributed by atoms with E-state index in [2.05, 4.69) is 15.0 Å². The minimum absolute atomic E-state index is 0.0316. The van der Waals surface area contributed by atoms with Gasteiger partial charge in [-0.15, -0.1) is 0 Å². The molecule has 0 aliphatic rings. The molecule has 0 atom stereocenters. The molecule has 8 nitrogen and oxygen atoms in total. The monoisotopic (exact) mass is 475 g/mol. The summed E-state index contributed by atoms with van der Waals surface area (Å²) in [6.07, 6.45) is 1.58. The van der Waals surface area contributed by atoms with Gasteiger partial charge in [0.15, 0.2) is 0 Å². The zero-order chi connectivity index (χ0) is 23.1. The van der Waals surface area contributed by atoms with Gasteiger partial charge in [0.25, 0.3) is 15.9 Å². The first-order chi connectivity index (χ1) is 15.3. The van der Waals surface area contributed by atoms with E-state index < -0.39 is 15.9 Å². The minimum atomic E-state index is -3.95. The van der Waals surface area contributed by atoms with Crippen molar-refractivity contribution < 1.29 is 22.7 Å². The van der Waals surface area contributed by atoms with E-state index in [0.29, 0.717) is 29.5 Å². The maximum atomic E-state index is 12.8. The molecule has 0 bridgehead atoms. The Morgan fingerprint density at radius 2 is 1.88 bits per heavy atom. The number of hydrogen-bond donors (Lipinski definition) is 2. The van der Waals surface area contributed by atoms with Crippen LogP contribution in [0.5, 0.6) is 11.6 Å². The molecule has 32 heavy (non-hydrogen) atoms. The lowest BCUT2D eigenvalue weighted by molar-refractivity contribution is 0.0950. The van der Waals surface area contributed by atoms with Crippen molar-refractivity contribution in [2.24, 2.45) is 0 Å². The van der Waals surface area contributed by atoms with E-state index in [0.717, 1.165) is 0 Å². The number of aromatic nitrogens is 1. The van der Waals surface area contributed by atoms with Gasteiger partial charge in [-0.1, -0.05) is 17.7 Å². The molecule has 0 saturated carbocycles. The summed E-state index contributed by atoms with van der Waals surface area (Å²) in [6.45, 7) is 2.50. The van der Waals surface area contributed by atoms with E-state index in [1.807, 2.05) is 6.92 Å². The van der Waals surface area contributed by atoms with Gasteiger partial charge in [-0.2, -0.15) is 0 Å². The topological polar surface area (TPSA) is 107 Å². The van der Waals surface area contributed by atoms with E-state index in [1.54, 1.807) is 42.6 Å². The van der Waals surface area contributed by atoms with Crippen molar-refractivity contribution in [3.63, 3.8) is 0 Å². The lowest BCUT2D eigenvalue weighted by atomic mass is 10.2. The number of rotatable bonds is 9. The largest absolute Gasteiger partial charge is 0.494 e.